The predicted octanol–water partition coefficient (Wildman–Crippen LogP) is 1.18. The molecule has 0 aliphatic rings. The quantitative estimate of drug-likeness (QED) is 0.329. The van der Waals surface area contributed by atoms with Gasteiger partial charge in [-0.05, 0) is 23.6 Å². The second-order valence-corrected chi connectivity index (χ2v) is 4.37. The molecule has 0 spiro atoms. The average molecular weight is 272 g/mol. The molecule has 0 aliphatic carbocycles. The Kier molecular flexibility index (Phi) is 3.86. The number of aromatic nitrogens is 1. The first-order chi connectivity index (χ1) is 9.56. The fourth-order valence-electron chi connectivity index (χ4n) is 1.96. The molecule has 20 heavy (non-hydrogen) atoms. The number of nitrogens with two attached hydrogens (primary N) is 2. The van der Waals surface area contributed by atoms with E-state index in [4.69, 9.17) is 11.6 Å². The third kappa shape index (κ3) is 2.55. The van der Waals surface area contributed by atoms with E-state index in [1.54, 1.807) is 6.07 Å². The molecule has 2 rings (SSSR count). The van der Waals surface area contributed by atoms with E-state index in [1.807, 2.05) is 24.3 Å². The molecule has 0 aliphatic heterocycles. The van der Waals surface area contributed by atoms with Crippen LogP contribution in [0, 0.1) is 0 Å². The summed E-state index contributed by atoms with van der Waals surface area (Å²) in [6, 6.07) is 9.45. The van der Waals surface area contributed by atoms with Crippen molar-refractivity contribution in [2.24, 2.45) is 11.6 Å². The number of hydrogen-bond donors (Lipinski definition) is 3. The number of aryl methyl sites for hydroxylation is 1. The van der Waals surface area contributed by atoms with E-state index in [0.29, 0.717) is 12.1 Å². The minimum absolute atomic E-state index is 0.175. The van der Waals surface area contributed by atoms with Crippen molar-refractivity contribution in [3.8, 4) is 11.3 Å². The standard InChI is InChI=1S/C14H16N4O2/c1-2-9-3-5-10(6-4-9)12-7-11(13(15)20)14(17-12)18(16)8-19/h3-8,17H,2,16H2,1H3,(H2,15,20). The molecule has 104 valence electrons. The molecule has 6 nitrogen and oxygen atoms in total. The summed E-state index contributed by atoms with van der Waals surface area (Å²) in [6.07, 6.45) is 1.35. The lowest BCUT2D eigenvalue weighted by molar-refractivity contribution is -0.107. The summed E-state index contributed by atoms with van der Waals surface area (Å²) in [4.78, 5) is 25.1. The first kappa shape index (κ1) is 13.8. The van der Waals surface area contributed by atoms with Gasteiger partial charge in [-0.2, -0.15) is 0 Å². The monoisotopic (exact) mass is 272 g/mol. The number of nitrogens with one attached hydrogen (secondary N) is 1. The highest BCUT2D eigenvalue weighted by Gasteiger charge is 2.17. The number of nitrogens with zero attached hydrogens (tertiary/aromatic N) is 1. The number of H-pyrrole nitrogens is 1. The summed E-state index contributed by atoms with van der Waals surface area (Å²) < 4.78 is 0. The van der Waals surface area contributed by atoms with Gasteiger partial charge in [-0.3, -0.25) is 9.59 Å². The van der Waals surface area contributed by atoms with Gasteiger partial charge in [0.2, 0.25) is 6.41 Å². The van der Waals surface area contributed by atoms with E-state index in [9.17, 15) is 9.59 Å². The van der Waals surface area contributed by atoms with E-state index >= 15 is 0 Å². The number of hydrogen-bond acceptors (Lipinski definition) is 3. The molecule has 0 atom stereocenters. The third-order valence-electron chi connectivity index (χ3n) is 3.11. The molecule has 1 heterocycles. The Balaban J connectivity index is 2.46. The Labute approximate surface area is 116 Å². The molecule has 0 unspecified atom stereocenters. The van der Waals surface area contributed by atoms with Crippen LogP contribution in [0.2, 0.25) is 0 Å². The molecule has 2 amide bonds. The normalized spacial score (nSPS) is 10.3. The number of carbonyl (C=O) groups excluding carboxylic acids is 2. The van der Waals surface area contributed by atoms with Crippen LogP contribution in [0.3, 0.4) is 0 Å². The Hall–Kier alpha value is -2.60. The molecular weight excluding hydrogens is 256 g/mol. The number of primary amides is 1. The minimum Gasteiger partial charge on any atom is -0.365 e. The maximum atomic E-state index is 11.4. The van der Waals surface area contributed by atoms with Crippen molar-refractivity contribution in [1.29, 1.82) is 0 Å². The highest BCUT2D eigenvalue weighted by Crippen LogP contribution is 2.26. The lowest BCUT2D eigenvalue weighted by Crippen LogP contribution is -2.31. The first-order valence-corrected chi connectivity index (χ1v) is 6.18. The topological polar surface area (TPSA) is 105 Å². The van der Waals surface area contributed by atoms with Crippen molar-refractivity contribution >= 4 is 18.1 Å². The summed E-state index contributed by atoms with van der Waals surface area (Å²) in [6.45, 7) is 2.07. The van der Waals surface area contributed by atoms with Crippen LogP contribution in [-0.2, 0) is 11.2 Å². The molecule has 1 aromatic carbocycles. The smallest absolute Gasteiger partial charge is 0.252 e. The van der Waals surface area contributed by atoms with Crippen LogP contribution in [0.4, 0.5) is 5.82 Å². The van der Waals surface area contributed by atoms with E-state index in [0.717, 1.165) is 17.0 Å². The molecule has 0 bridgehead atoms. The van der Waals surface area contributed by atoms with Crippen molar-refractivity contribution in [3.63, 3.8) is 0 Å². The molecule has 5 N–H and O–H groups in total. The lowest BCUT2D eigenvalue weighted by atomic mass is 10.1. The van der Waals surface area contributed by atoms with E-state index in [2.05, 4.69) is 11.9 Å². The largest absolute Gasteiger partial charge is 0.365 e. The van der Waals surface area contributed by atoms with E-state index in [1.165, 1.54) is 5.56 Å². The number of anilines is 1. The van der Waals surface area contributed by atoms with Crippen molar-refractivity contribution in [3.05, 3.63) is 41.5 Å². The lowest BCUT2D eigenvalue weighted by Gasteiger charge is -2.08. The zero-order valence-electron chi connectivity index (χ0n) is 11.1. The van der Waals surface area contributed by atoms with Gasteiger partial charge in [0.15, 0.2) is 0 Å². The van der Waals surface area contributed by atoms with Crippen molar-refractivity contribution < 1.29 is 9.59 Å². The Morgan fingerprint density at radius 3 is 2.50 bits per heavy atom. The zero-order chi connectivity index (χ0) is 14.7. The average Bonchev–Trinajstić information content (AvgIpc) is 2.92. The van der Waals surface area contributed by atoms with Gasteiger partial charge in [-0.1, -0.05) is 31.2 Å². The third-order valence-corrected chi connectivity index (χ3v) is 3.11. The van der Waals surface area contributed by atoms with Gasteiger partial charge in [-0.25, -0.2) is 10.9 Å². The highest BCUT2D eigenvalue weighted by molar-refractivity contribution is 6.01. The number of rotatable bonds is 5. The number of amides is 2. The molecule has 0 saturated carbocycles. The second-order valence-electron chi connectivity index (χ2n) is 4.37. The Morgan fingerprint density at radius 2 is 2.00 bits per heavy atom. The fourth-order valence-corrected chi connectivity index (χ4v) is 1.96. The van der Waals surface area contributed by atoms with E-state index in [-0.39, 0.29) is 11.4 Å². The summed E-state index contributed by atoms with van der Waals surface area (Å²) in [5.74, 6) is 5.03. The van der Waals surface area contributed by atoms with Crippen LogP contribution in [0.1, 0.15) is 22.8 Å². The summed E-state index contributed by atoms with van der Waals surface area (Å²) in [5.41, 5.74) is 8.23. The van der Waals surface area contributed by atoms with E-state index < -0.39 is 5.91 Å². The van der Waals surface area contributed by atoms with Crippen LogP contribution in [0.15, 0.2) is 30.3 Å². The highest BCUT2D eigenvalue weighted by atomic mass is 16.1. The fraction of sp³-hybridized carbons (Fsp3) is 0.143. The minimum atomic E-state index is -0.648. The molecule has 0 radical (unpaired) electrons. The second kappa shape index (κ2) is 5.58. The summed E-state index contributed by atoms with van der Waals surface area (Å²) >= 11 is 0. The van der Waals surface area contributed by atoms with Gasteiger partial charge in [0.25, 0.3) is 5.91 Å². The van der Waals surface area contributed by atoms with Gasteiger partial charge in [0, 0.05) is 5.69 Å². The first-order valence-electron chi connectivity index (χ1n) is 6.18. The maximum absolute atomic E-state index is 11.4. The zero-order valence-corrected chi connectivity index (χ0v) is 11.1. The molecule has 0 fully saturated rings. The molecule has 6 heteroatoms. The number of carbonyl (C=O) groups is 2. The van der Waals surface area contributed by atoms with Crippen LogP contribution >= 0.6 is 0 Å². The van der Waals surface area contributed by atoms with Crippen molar-refractivity contribution in [2.45, 2.75) is 13.3 Å². The van der Waals surface area contributed by atoms with Crippen molar-refractivity contribution in [2.75, 3.05) is 5.01 Å². The molecule has 0 saturated heterocycles. The van der Waals surface area contributed by atoms with Crippen LogP contribution in [0.25, 0.3) is 11.3 Å². The molecule has 2 aromatic rings. The summed E-state index contributed by atoms with van der Waals surface area (Å²) in [5, 5.41) is 0.796. The summed E-state index contributed by atoms with van der Waals surface area (Å²) in [7, 11) is 0. The predicted molar refractivity (Wildman–Crippen MR) is 76.9 cm³/mol. The van der Waals surface area contributed by atoms with Gasteiger partial charge in [0.1, 0.15) is 5.82 Å². The van der Waals surface area contributed by atoms with Gasteiger partial charge in [0.05, 0.1) is 5.56 Å². The van der Waals surface area contributed by atoms with Crippen LogP contribution in [-0.4, -0.2) is 17.3 Å². The van der Waals surface area contributed by atoms with Crippen molar-refractivity contribution in [1.82, 2.24) is 4.98 Å². The van der Waals surface area contributed by atoms with Crippen LogP contribution in [0.5, 0.6) is 0 Å². The van der Waals surface area contributed by atoms with Crippen LogP contribution < -0.4 is 16.6 Å². The van der Waals surface area contributed by atoms with Gasteiger partial charge >= 0.3 is 0 Å². The Bertz CT molecular complexity index is 631. The van der Waals surface area contributed by atoms with Gasteiger partial charge < -0.3 is 10.7 Å². The number of benzene rings is 1. The SMILES string of the molecule is CCc1ccc(-c2cc(C(N)=O)c(N(N)C=O)[nH]2)cc1. The molecule has 1 aromatic heterocycles. The van der Waals surface area contributed by atoms with Gasteiger partial charge in [-0.15, -0.1) is 0 Å². The molecular formula is C14H16N4O2. The Morgan fingerprint density at radius 1 is 1.35 bits per heavy atom. The maximum Gasteiger partial charge on any atom is 0.252 e. The number of aromatic amines is 1. The number of hydrazine groups is 1.